The summed E-state index contributed by atoms with van der Waals surface area (Å²) >= 11 is 0. The number of carbonyl (C=O) groups excluding carboxylic acids is 1. The summed E-state index contributed by atoms with van der Waals surface area (Å²) in [5.41, 5.74) is 6.47. The van der Waals surface area contributed by atoms with Crippen molar-refractivity contribution < 1.29 is 18.1 Å². The van der Waals surface area contributed by atoms with Crippen molar-refractivity contribution in [1.29, 1.82) is 0 Å². The third kappa shape index (κ3) is 7.67. The molecule has 332 valence electrons. The molecule has 5 aliphatic rings. The van der Waals surface area contributed by atoms with E-state index in [-0.39, 0.29) is 11.3 Å². The Morgan fingerprint density at radius 2 is 1.70 bits per heavy atom. The standard InChI is InChI=1S/C48H54N10O5S/c59-47(54-64(62,63)45-25-44(58(60)61)39(29-51-45)50-28-31-7-2-1-3-8-31)38-15-14-34(24-42(38)57-43-23-33-16-19-49-46(33)53-40(43)30-52-57)55-21-17-48(18-22-55)26-35(27-48)56-20-6-11-41(56)37-10-5-4-9-36(37)32-12-13-32/h4-5,9-10,14-16,19,23-25,29-32,35,41,50H,1-3,6-8,11-13,17-18,20-22,26-28H2,(H,49,53)(H,54,59). The number of H-pyrrole nitrogens is 1. The number of piperidine rings is 1. The molecular formula is C48H54N10O5S. The van der Waals surface area contributed by atoms with Crippen molar-refractivity contribution >= 4 is 55.1 Å². The molecule has 64 heavy (non-hydrogen) atoms. The number of anilines is 2. The first-order valence-corrected chi connectivity index (χ1v) is 24.6. The Morgan fingerprint density at radius 3 is 2.48 bits per heavy atom. The summed E-state index contributed by atoms with van der Waals surface area (Å²) in [6, 6.07) is 20.5. The van der Waals surface area contributed by atoms with Gasteiger partial charge in [0, 0.05) is 49.0 Å². The molecule has 3 saturated carbocycles. The van der Waals surface area contributed by atoms with Gasteiger partial charge in [0.2, 0.25) is 0 Å². The Bertz CT molecular complexity index is 2870. The van der Waals surface area contributed by atoms with Crippen LogP contribution in [0.25, 0.3) is 27.8 Å². The van der Waals surface area contributed by atoms with Crippen molar-refractivity contribution in [2.75, 3.05) is 36.4 Å². The van der Waals surface area contributed by atoms with Crippen molar-refractivity contribution in [2.45, 2.75) is 106 Å². The van der Waals surface area contributed by atoms with Gasteiger partial charge in [-0.25, -0.2) is 19.4 Å². The summed E-state index contributed by atoms with van der Waals surface area (Å²) in [5, 5.41) is 20.2. The lowest BCUT2D eigenvalue weighted by Gasteiger charge is -2.56. The summed E-state index contributed by atoms with van der Waals surface area (Å²) in [7, 11) is -4.64. The third-order valence-electron chi connectivity index (χ3n) is 15.0. The van der Waals surface area contributed by atoms with E-state index in [0.29, 0.717) is 52.3 Å². The molecule has 2 saturated heterocycles. The van der Waals surface area contributed by atoms with Gasteiger partial charge in [0.05, 0.1) is 40.2 Å². The van der Waals surface area contributed by atoms with Gasteiger partial charge in [-0.05, 0) is 129 Å². The minimum atomic E-state index is -4.64. The van der Waals surface area contributed by atoms with Crippen LogP contribution >= 0.6 is 0 Å². The van der Waals surface area contributed by atoms with Crippen LogP contribution in [0.1, 0.15) is 117 Å². The van der Waals surface area contributed by atoms with E-state index in [1.807, 2.05) is 30.5 Å². The third-order valence-corrected chi connectivity index (χ3v) is 16.3. The van der Waals surface area contributed by atoms with Crippen LogP contribution in [0.5, 0.6) is 0 Å². The van der Waals surface area contributed by atoms with E-state index < -0.39 is 31.6 Å². The molecule has 0 radical (unpaired) electrons. The number of nitro groups is 1. The average Bonchev–Trinajstić information content (AvgIpc) is 3.63. The monoisotopic (exact) mass is 882 g/mol. The minimum Gasteiger partial charge on any atom is -0.378 e. The summed E-state index contributed by atoms with van der Waals surface area (Å²) in [6.07, 6.45) is 19.8. The number of pyridine rings is 2. The predicted molar refractivity (Wildman–Crippen MR) is 245 cm³/mol. The van der Waals surface area contributed by atoms with Crippen LogP contribution < -0.4 is 14.9 Å². The summed E-state index contributed by atoms with van der Waals surface area (Å²) in [4.78, 5) is 42.8. The highest BCUT2D eigenvalue weighted by Gasteiger charge is 2.50. The minimum absolute atomic E-state index is 0.0606. The fourth-order valence-electron chi connectivity index (χ4n) is 11.4. The summed E-state index contributed by atoms with van der Waals surface area (Å²) < 4.78 is 31.4. The number of likely N-dealkylation sites (tertiary alicyclic amines) is 1. The van der Waals surface area contributed by atoms with Gasteiger partial charge in [-0.3, -0.25) is 19.8 Å². The molecule has 1 amide bonds. The molecule has 1 atom stereocenters. The lowest BCUT2D eigenvalue weighted by Crippen LogP contribution is -2.55. The first kappa shape index (κ1) is 40.9. The molecule has 4 aromatic heterocycles. The van der Waals surface area contributed by atoms with E-state index in [1.165, 1.54) is 51.5 Å². The molecular weight excluding hydrogens is 829 g/mol. The number of hydrogen-bond acceptors (Lipinski definition) is 11. The zero-order valence-corrected chi connectivity index (χ0v) is 36.7. The van der Waals surface area contributed by atoms with Crippen LogP contribution in [0.4, 0.5) is 17.1 Å². The van der Waals surface area contributed by atoms with Crippen molar-refractivity contribution in [3.05, 3.63) is 106 Å². The molecule has 15 nitrogen and oxygen atoms in total. The quantitative estimate of drug-likeness (QED) is 0.0789. The first-order chi connectivity index (χ1) is 31.1. The lowest BCUT2D eigenvalue weighted by atomic mass is 9.59. The Labute approximate surface area is 372 Å². The van der Waals surface area contributed by atoms with Gasteiger partial charge in [-0.2, -0.15) is 13.5 Å². The molecule has 1 unspecified atom stereocenters. The fourth-order valence-corrected chi connectivity index (χ4v) is 12.3. The summed E-state index contributed by atoms with van der Waals surface area (Å²) in [5.74, 6) is 0.211. The molecule has 3 aliphatic carbocycles. The Hall–Kier alpha value is -5.87. The van der Waals surface area contributed by atoms with Crippen molar-refractivity contribution in [2.24, 2.45) is 11.3 Å². The average molecular weight is 883 g/mol. The number of carbonyl (C=O) groups is 1. The van der Waals surface area contributed by atoms with E-state index in [1.54, 1.807) is 28.1 Å². The molecule has 6 heterocycles. The van der Waals surface area contributed by atoms with Crippen molar-refractivity contribution in [3.8, 4) is 5.69 Å². The zero-order chi connectivity index (χ0) is 43.6. The van der Waals surface area contributed by atoms with Gasteiger partial charge >= 0.3 is 0 Å². The second-order valence-corrected chi connectivity index (χ2v) is 20.7. The number of benzene rings is 2. The van der Waals surface area contributed by atoms with E-state index in [0.717, 1.165) is 80.9 Å². The maximum Gasteiger partial charge on any atom is 0.296 e. The largest absolute Gasteiger partial charge is 0.378 e. The summed E-state index contributed by atoms with van der Waals surface area (Å²) in [6.45, 7) is 3.43. The van der Waals surface area contributed by atoms with Crippen LogP contribution in [0.2, 0.25) is 0 Å². The van der Waals surface area contributed by atoms with Gasteiger partial charge < -0.3 is 15.2 Å². The highest BCUT2D eigenvalue weighted by atomic mass is 32.2. The van der Waals surface area contributed by atoms with Crippen LogP contribution in [-0.4, -0.2) is 81.1 Å². The zero-order valence-electron chi connectivity index (χ0n) is 35.9. The molecule has 6 aromatic rings. The second-order valence-electron chi connectivity index (χ2n) is 19.0. The SMILES string of the molecule is O=C(NS(=O)(=O)c1cc([N+](=O)[O-])c(NCC2CCCCC2)cn1)c1ccc(N2CCC3(CC2)CC(N2CCCC2c2ccccc2C2CC2)C3)cc1-n1ncc2nc3[nH]ccc3cc21. The van der Waals surface area contributed by atoms with Crippen molar-refractivity contribution in [3.63, 3.8) is 0 Å². The van der Waals surface area contributed by atoms with Gasteiger partial charge in [-0.15, -0.1) is 0 Å². The van der Waals surface area contributed by atoms with Crippen LogP contribution in [0, 0.1) is 21.4 Å². The Kier molecular flexibility index (Phi) is 10.4. The Morgan fingerprint density at radius 1 is 0.906 bits per heavy atom. The molecule has 16 heteroatoms. The van der Waals surface area contributed by atoms with E-state index in [4.69, 9.17) is 4.98 Å². The highest BCUT2D eigenvalue weighted by Crippen LogP contribution is 2.55. The number of hydrogen-bond donors (Lipinski definition) is 3. The predicted octanol–water partition coefficient (Wildman–Crippen LogP) is 8.78. The maximum atomic E-state index is 14.2. The van der Waals surface area contributed by atoms with Gasteiger partial charge in [-0.1, -0.05) is 43.5 Å². The number of amides is 1. The smallest absolute Gasteiger partial charge is 0.296 e. The van der Waals surface area contributed by atoms with Crippen LogP contribution in [-0.2, 0) is 10.0 Å². The molecule has 11 rings (SSSR count). The van der Waals surface area contributed by atoms with Crippen LogP contribution in [0.3, 0.4) is 0 Å². The normalized spacial score (nSPS) is 20.8. The fraction of sp³-hybridized carbons (Fsp3) is 0.458. The Balaban J connectivity index is 0.831. The number of sulfonamides is 1. The van der Waals surface area contributed by atoms with Crippen LogP contribution in [0.15, 0.2) is 84.3 Å². The molecule has 2 aliphatic heterocycles. The van der Waals surface area contributed by atoms with E-state index >= 15 is 0 Å². The van der Waals surface area contributed by atoms with Gasteiger partial charge in [0.1, 0.15) is 16.9 Å². The number of rotatable bonds is 12. The number of fused-ring (bicyclic) bond motifs is 2. The number of nitrogens with zero attached hydrogens (tertiary/aromatic N) is 7. The second kappa shape index (κ2) is 16.3. The van der Waals surface area contributed by atoms with Crippen molar-refractivity contribution in [1.82, 2.24) is 34.4 Å². The molecule has 0 bridgehead atoms. The topological polar surface area (TPSA) is 184 Å². The molecule has 5 fully saturated rings. The van der Waals surface area contributed by atoms with Gasteiger partial charge in [0.15, 0.2) is 5.03 Å². The molecule has 3 N–H and O–H groups in total. The first-order valence-electron chi connectivity index (χ1n) is 23.1. The lowest BCUT2D eigenvalue weighted by molar-refractivity contribution is -0.384. The number of aromatic amines is 1. The van der Waals surface area contributed by atoms with E-state index in [9.17, 15) is 23.3 Å². The van der Waals surface area contributed by atoms with Gasteiger partial charge in [0.25, 0.3) is 21.6 Å². The number of nitrogens with one attached hydrogen (secondary N) is 3. The highest BCUT2D eigenvalue weighted by molar-refractivity contribution is 7.90. The molecule has 1 spiro atoms. The number of aromatic nitrogens is 5. The molecule has 2 aromatic carbocycles. The maximum absolute atomic E-state index is 14.2. The van der Waals surface area contributed by atoms with E-state index in [2.05, 4.69) is 59.2 Å².